The van der Waals surface area contributed by atoms with Gasteiger partial charge in [-0.1, -0.05) is 47.5 Å². The van der Waals surface area contributed by atoms with Gasteiger partial charge in [0.05, 0.1) is 0 Å². The maximum absolute atomic E-state index is 3.61. The molecule has 0 aromatic carbocycles. The van der Waals surface area contributed by atoms with Crippen LogP contribution in [0.25, 0.3) is 0 Å². The van der Waals surface area contributed by atoms with Gasteiger partial charge in [-0.25, -0.2) is 0 Å². The zero-order valence-electron chi connectivity index (χ0n) is 13.6. The third-order valence-corrected chi connectivity index (χ3v) is 4.53. The van der Waals surface area contributed by atoms with Crippen LogP contribution in [-0.2, 0) is 0 Å². The van der Waals surface area contributed by atoms with E-state index in [2.05, 4.69) is 47.0 Å². The van der Waals surface area contributed by atoms with Crippen LogP contribution in [0.3, 0.4) is 0 Å². The Labute approximate surface area is 115 Å². The highest BCUT2D eigenvalue weighted by Crippen LogP contribution is 2.34. The third kappa shape index (κ3) is 5.73. The van der Waals surface area contributed by atoms with Gasteiger partial charge in [0.2, 0.25) is 0 Å². The van der Waals surface area contributed by atoms with Crippen LogP contribution < -0.4 is 5.32 Å². The molecule has 1 aliphatic rings. The molecule has 4 unspecified atom stereocenters. The predicted octanol–water partition coefficient (Wildman–Crippen LogP) is 4.86. The van der Waals surface area contributed by atoms with Crippen molar-refractivity contribution in [3.05, 3.63) is 0 Å². The Morgan fingerprint density at radius 3 is 2.39 bits per heavy atom. The van der Waals surface area contributed by atoms with Crippen LogP contribution in [-0.4, -0.2) is 13.1 Å². The van der Waals surface area contributed by atoms with Crippen LogP contribution in [0.15, 0.2) is 0 Å². The summed E-state index contributed by atoms with van der Waals surface area (Å²) in [5.41, 5.74) is 0.470. The fourth-order valence-electron chi connectivity index (χ4n) is 3.95. The van der Waals surface area contributed by atoms with E-state index in [1.807, 2.05) is 0 Å². The quantitative estimate of drug-likeness (QED) is 0.737. The summed E-state index contributed by atoms with van der Waals surface area (Å²) < 4.78 is 0. The second-order valence-corrected chi connectivity index (χ2v) is 8.03. The second kappa shape index (κ2) is 6.93. The van der Waals surface area contributed by atoms with Gasteiger partial charge in [-0.2, -0.15) is 0 Å². The molecule has 0 aliphatic heterocycles. The van der Waals surface area contributed by atoms with Gasteiger partial charge in [0.25, 0.3) is 0 Å². The maximum atomic E-state index is 3.61. The van der Waals surface area contributed by atoms with Crippen molar-refractivity contribution in [1.82, 2.24) is 5.32 Å². The largest absolute Gasteiger partial charge is 0.317 e. The van der Waals surface area contributed by atoms with Crippen LogP contribution in [0.4, 0.5) is 0 Å². The van der Waals surface area contributed by atoms with Crippen molar-refractivity contribution in [1.29, 1.82) is 0 Å². The van der Waals surface area contributed by atoms with E-state index in [-0.39, 0.29) is 0 Å². The fourth-order valence-corrected chi connectivity index (χ4v) is 3.95. The molecule has 1 heteroatoms. The lowest BCUT2D eigenvalue weighted by Crippen LogP contribution is -2.37. The molecule has 0 heterocycles. The van der Waals surface area contributed by atoms with Gasteiger partial charge in [-0.05, 0) is 55.9 Å². The molecule has 1 rings (SSSR count). The number of hydrogen-bond acceptors (Lipinski definition) is 1. The molecule has 0 saturated heterocycles. The van der Waals surface area contributed by atoms with Crippen molar-refractivity contribution in [3.8, 4) is 0 Å². The Hall–Kier alpha value is -0.0400. The van der Waals surface area contributed by atoms with Crippen LogP contribution in [0.1, 0.15) is 73.1 Å². The van der Waals surface area contributed by atoms with Gasteiger partial charge in [-0.15, -0.1) is 0 Å². The molecule has 18 heavy (non-hydrogen) atoms. The van der Waals surface area contributed by atoms with Crippen molar-refractivity contribution >= 4 is 0 Å². The van der Waals surface area contributed by atoms with Crippen molar-refractivity contribution in [3.63, 3.8) is 0 Å². The molecule has 0 aromatic heterocycles. The first-order valence-corrected chi connectivity index (χ1v) is 7.99. The fraction of sp³-hybridized carbons (Fsp3) is 1.00. The SMILES string of the molecule is CNC(CC(C)CC(C)(C)C)C1CCCC(C)C1. The van der Waals surface area contributed by atoms with Crippen LogP contribution in [0.5, 0.6) is 0 Å². The molecule has 1 aliphatic carbocycles. The Morgan fingerprint density at radius 2 is 1.89 bits per heavy atom. The minimum absolute atomic E-state index is 0.470. The lowest BCUT2D eigenvalue weighted by molar-refractivity contribution is 0.192. The van der Waals surface area contributed by atoms with Gasteiger partial charge < -0.3 is 5.32 Å². The second-order valence-electron chi connectivity index (χ2n) is 8.03. The molecule has 108 valence electrons. The Balaban J connectivity index is 2.45. The lowest BCUT2D eigenvalue weighted by Gasteiger charge is -2.35. The van der Waals surface area contributed by atoms with Gasteiger partial charge in [0, 0.05) is 6.04 Å². The summed E-state index contributed by atoms with van der Waals surface area (Å²) in [6.45, 7) is 11.9. The summed E-state index contributed by atoms with van der Waals surface area (Å²) >= 11 is 0. The normalized spacial score (nSPS) is 29.0. The minimum atomic E-state index is 0.470. The molecule has 1 fully saturated rings. The van der Waals surface area contributed by atoms with Crippen LogP contribution >= 0.6 is 0 Å². The van der Waals surface area contributed by atoms with Crippen molar-refractivity contribution < 1.29 is 0 Å². The highest BCUT2D eigenvalue weighted by atomic mass is 14.9. The van der Waals surface area contributed by atoms with E-state index in [0.717, 1.165) is 23.8 Å². The third-order valence-electron chi connectivity index (χ3n) is 4.53. The van der Waals surface area contributed by atoms with Crippen molar-refractivity contribution in [2.24, 2.45) is 23.2 Å². The van der Waals surface area contributed by atoms with E-state index in [1.165, 1.54) is 38.5 Å². The zero-order valence-corrected chi connectivity index (χ0v) is 13.6. The van der Waals surface area contributed by atoms with E-state index in [0.29, 0.717) is 5.41 Å². The Bertz CT molecular complexity index is 228. The number of rotatable bonds is 5. The molecular weight excluding hydrogens is 218 g/mol. The number of nitrogens with one attached hydrogen (secondary N) is 1. The average molecular weight is 253 g/mol. The monoisotopic (exact) mass is 253 g/mol. The summed E-state index contributed by atoms with van der Waals surface area (Å²) in [6.07, 6.45) is 8.46. The van der Waals surface area contributed by atoms with Crippen LogP contribution in [0, 0.1) is 23.2 Å². The van der Waals surface area contributed by atoms with Crippen LogP contribution in [0.2, 0.25) is 0 Å². The standard InChI is InChI=1S/C17H35N/c1-13-8-7-9-15(10-13)16(18-6)11-14(2)12-17(3,4)5/h13-16,18H,7-12H2,1-6H3. The van der Waals surface area contributed by atoms with Gasteiger partial charge in [0.15, 0.2) is 0 Å². The van der Waals surface area contributed by atoms with Crippen molar-refractivity contribution in [2.75, 3.05) is 7.05 Å². The number of hydrogen-bond donors (Lipinski definition) is 1. The highest BCUT2D eigenvalue weighted by molar-refractivity contribution is 4.82. The van der Waals surface area contributed by atoms with E-state index in [1.54, 1.807) is 0 Å². The maximum Gasteiger partial charge on any atom is 0.00949 e. The van der Waals surface area contributed by atoms with Gasteiger partial charge in [0.1, 0.15) is 0 Å². The molecule has 0 amide bonds. The van der Waals surface area contributed by atoms with E-state index in [4.69, 9.17) is 0 Å². The zero-order chi connectivity index (χ0) is 13.8. The van der Waals surface area contributed by atoms with Gasteiger partial charge in [-0.3, -0.25) is 0 Å². The summed E-state index contributed by atoms with van der Waals surface area (Å²) in [5.74, 6) is 2.69. The molecular formula is C17H35N. The first kappa shape index (κ1) is 16.0. The summed E-state index contributed by atoms with van der Waals surface area (Å²) in [4.78, 5) is 0. The first-order chi connectivity index (χ1) is 8.31. The van der Waals surface area contributed by atoms with Gasteiger partial charge >= 0.3 is 0 Å². The molecule has 0 spiro atoms. The molecule has 1 saturated carbocycles. The topological polar surface area (TPSA) is 12.0 Å². The molecule has 1 nitrogen and oxygen atoms in total. The highest BCUT2D eigenvalue weighted by Gasteiger charge is 2.27. The minimum Gasteiger partial charge on any atom is -0.317 e. The summed E-state index contributed by atoms with van der Waals surface area (Å²) in [5, 5.41) is 3.61. The first-order valence-electron chi connectivity index (χ1n) is 7.99. The molecule has 4 atom stereocenters. The Morgan fingerprint density at radius 1 is 1.22 bits per heavy atom. The molecule has 0 radical (unpaired) electrons. The van der Waals surface area contributed by atoms with E-state index in [9.17, 15) is 0 Å². The molecule has 1 N–H and O–H groups in total. The van der Waals surface area contributed by atoms with Crippen molar-refractivity contribution in [2.45, 2.75) is 79.2 Å². The Kier molecular flexibility index (Phi) is 6.17. The predicted molar refractivity (Wildman–Crippen MR) is 81.8 cm³/mol. The summed E-state index contributed by atoms with van der Waals surface area (Å²) in [6, 6.07) is 0.741. The smallest absolute Gasteiger partial charge is 0.00949 e. The lowest BCUT2D eigenvalue weighted by atomic mass is 9.75. The average Bonchev–Trinajstić information content (AvgIpc) is 2.23. The van der Waals surface area contributed by atoms with E-state index < -0.39 is 0 Å². The van der Waals surface area contributed by atoms with E-state index >= 15 is 0 Å². The molecule has 0 aromatic rings. The molecule has 0 bridgehead atoms. The summed E-state index contributed by atoms with van der Waals surface area (Å²) in [7, 11) is 2.16.